The lowest BCUT2D eigenvalue weighted by molar-refractivity contribution is 0.219. The summed E-state index contributed by atoms with van der Waals surface area (Å²) in [6, 6.07) is 13.7. The molecule has 0 saturated carbocycles. The first kappa shape index (κ1) is 13.2. The molecule has 0 bridgehead atoms. The van der Waals surface area contributed by atoms with Crippen LogP contribution in [0, 0.1) is 5.82 Å². The van der Waals surface area contributed by atoms with Crippen LogP contribution in [-0.4, -0.2) is 10.1 Å². The molecule has 0 aliphatic heterocycles. The molecule has 2 nitrogen and oxygen atoms in total. The van der Waals surface area contributed by atoms with Gasteiger partial charge in [-0.2, -0.15) is 0 Å². The van der Waals surface area contributed by atoms with E-state index in [0.29, 0.717) is 10.0 Å². The molecule has 0 saturated heterocycles. The Kier molecular flexibility index (Phi) is 3.51. The van der Waals surface area contributed by atoms with Gasteiger partial charge in [-0.05, 0) is 35.4 Å². The summed E-state index contributed by atoms with van der Waals surface area (Å²) in [6.07, 6.45) is 0.892. The zero-order valence-electron chi connectivity index (χ0n) is 10.4. The third-order valence-electron chi connectivity index (χ3n) is 3.20. The summed E-state index contributed by atoms with van der Waals surface area (Å²) in [5, 5.41) is 11.5. The summed E-state index contributed by atoms with van der Waals surface area (Å²) < 4.78 is 13.6. The van der Waals surface area contributed by atoms with E-state index in [9.17, 15) is 9.50 Å². The molecule has 0 amide bonds. The zero-order valence-corrected chi connectivity index (χ0v) is 12.0. The van der Waals surface area contributed by atoms with Gasteiger partial charge in [0.2, 0.25) is 0 Å². The second-order valence-electron chi connectivity index (χ2n) is 4.52. The number of aromatic nitrogens is 1. The van der Waals surface area contributed by atoms with Gasteiger partial charge in [0.1, 0.15) is 11.9 Å². The van der Waals surface area contributed by atoms with E-state index in [1.807, 2.05) is 30.3 Å². The molecule has 20 heavy (non-hydrogen) atoms. The molecule has 0 aliphatic carbocycles. The van der Waals surface area contributed by atoms with E-state index in [4.69, 9.17) is 0 Å². The van der Waals surface area contributed by atoms with Crippen LogP contribution in [0.3, 0.4) is 0 Å². The van der Waals surface area contributed by atoms with Crippen molar-refractivity contribution in [2.75, 3.05) is 0 Å². The lowest BCUT2D eigenvalue weighted by Crippen LogP contribution is -2.01. The fraction of sp³-hybridized carbons (Fsp3) is 0.0625. The standard InChI is InChI=1S/C16H11BrFNO/c17-14-9-12(18)5-6-13(14)16(20)11-4-3-10-2-1-7-19-15(10)8-11/h1-9,16,20H. The molecule has 0 aliphatic rings. The summed E-state index contributed by atoms with van der Waals surface area (Å²) in [6.45, 7) is 0. The van der Waals surface area contributed by atoms with Gasteiger partial charge in [-0.25, -0.2) is 4.39 Å². The first-order valence-electron chi connectivity index (χ1n) is 6.13. The highest BCUT2D eigenvalue weighted by Gasteiger charge is 2.14. The third-order valence-corrected chi connectivity index (χ3v) is 3.89. The van der Waals surface area contributed by atoms with Crippen molar-refractivity contribution in [1.82, 2.24) is 4.98 Å². The number of fused-ring (bicyclic) bond motifs is 1. The predicted octanol–water partition coefficient (Wildman–Crippen LogP) is 4.22. The SMILES string of the molecule is OC(c1ccc2cccnc2c1)c1ccc(F)cc1Br. The van der Waals surface area contributed by atoms with Gasteiger partial charge in [-0.15, -0.1) is 0 Å². The first-order valence-corrected chi connectivity index (χ1v) is 6.92. The first-order chi connectivity index (χ1) is 9.65. The normalized spacial score (nSPS) is 12.6. The van der Waals surface area contributed by atoms with Gasteiger partial charge in [0, 0.05) is 16.1 Å². The van der Waals surface area contributed by atoms with Gasteiger partial charge in [0.15, 0.2) is 0 Å². The smallest absolute Gasteiger partial charge is 0.124 e. The number of nitrogens with zero attached hydrogens (tertiary/aromatic N) is 1. The molecule has 2 aromatic carbocycles. The van der Waals surface area contributed by atoms with Gasteiger partial charge >= 0.3 is 0 Å². The fourth-order valence-corrected chi connectivity index (χ4v) is 2.72. The van der Waals surface area contributed by atoms with Crippen LogP contribution in [0.25, 0.3) is 10.9 Å². The number of hydrogen-bond donors (Lipinski definition) is 1. The van der Waals surface area contributed by atoms with E-state index in [2.05, 4.69) is 20.9 Å². The van der Waals surface area contributed by atoms with Crippen LogP contribution in [-0.2, 0) is 0 Å². The monoisotopic (exact) mass is 331 g/mol. The van der Waals surface area contributed by atoms with Crippen molar-refractivity contribution >= 4 is 26.8 Å². The quantitative estimate of drug-likeness (QED) is 0.762. The van der Waals surface area contributed by atoms with Crippen LogP contribution >= 0.6 is 15.9 Å². The maximum absolute atomic E-state index is 13.1. The number of aliphatic hydroxyl groups is 1. The van der Waals surface area contributed by atoms with Crippen LogP contribution in [0.1, 0.15) is 17.2 Å². The highest BCUT2D eigenvalue weighted by molar-refractivity contribution is 9.10. The van der Waals surface area contributed by atoms with Gasteiger partial charge < -0.3 is 5.11 Å². The third kappa shape index (κ3) is 2.44. The topological polar surface area (TPSA) is 33.1 Å². The van der Waals surface area contributed by atoms with Crippen LogP contribution < -0.4 is 0 Å². The molecule has 100 valence electrons. The van der Waals surface area contributed by atoms with Crippen molar-refractivity contribution in [1.29, 1.82) is 0 Å². The summed E-state index contributed by atoms with van der Waals surface area (Å²) in [5.41, 5.74) is 2.17. The van der Waals surface area contributed by atoms with Crippen molar-refractivity contribution in [2.45, 2.75) is 6.10 Å². The van der Waals surface area contributed by atoms with Crippen molar-refractivity contribution < 1.29 is 9.50 Å². The second kappa shape index (κ2) is 5.31. The number of aliphatic hydroxyl groups excluding tert-OH is 1. The number of halogens is 2. The Hall–Kier alpha value is -1.78. The van der Waals surface area contributed by atoms with Crippen molar-refractivity contribution in [2.24, 2.45) is 0 Å². The largest absolute Gasteiger partial charge is 0.384 e. The Labute approximate surface area is 124 Å². The molecule has 1 aromatic heterocycles. The van der Waals surface area contributed by atoms with Crippen molar-refractivity contribution in [3.05, 3.63) is 76.1 Å². The van der Waals surface area contributed by atoms with Crippen LogP contribution in [0.5, 0.6) is 0 Å². The summed E-state index contributed by atoms with van der Waals surface area (Å²) in [5.74, 6) is -0.340. The summed E-state index contributed by atoms with van der Waals surface area (Å²) in [7, 11) is 0. The van der Waals surface area contributed by atoms with Gasteiger partial charge in [0.05, 0.1) is 5.52 Å². The molecule has 0 radical (unpaired) electrons. The molecular formula is C16H11BrFNO. The molecule has 1 unspecified atom stereocenters. The summed E-state index contributed by atoms with van der Waals surface area (Å²) >= 11 is 3.28. The minimum Gasteiger partial charge on any atom is -0.384 e. The van der Waals surface area contributed by atoms with Crippen LogP contribution in [0.4, 0.5) is 4.39 Å². The highest BCUT2D eigenvalue weighted by Crippen LogP contribution is 2.30. The fourth-order valence-electron chi connectivity index (χ4n) is 2.16. The van der Waals surface area contributed by atoms with E-state index in [1.54, 1.807) is 12.3 Å². The minimum absolute atomic E-state index is 0.340. The Morgan fingerprint density at radius 2 is 1.95 bits per heavy atom. The Bertz CT molecular complexity index is 775. The Balaban J connectivity index is 2.05. The predicted molar refractivity (Wildman–Crippen MR) is 79.9 cm³/mol. The molecule has 3 rings (SSSR count). The van der Waals surface area contributed by atoms with E-state index >= 15 is 0 Å². The minimum atomic E-state index is -0.823. The second-order valence-corrected chi connectivity index (χ2v) is 5.38. The van der Waals surface area contributed by atoms with E-state index in [0.717, 1.165) is 16.5 Å². The average molecular weight is 332 g/mol. The van der Waals surface area contributed by atoms with Crippen LogP contribution in [0.15, 0.2) is 59.2 Å². The van der Waals surface area contributed by atoms with Crippen molar-refractivity contribution in [3.63, 3.8) is 0 Å². The highest BCUT2D eigenvalue weighted by atomic mass is 79.9. The lowest BCUT2D eigenvalue weighted by atomic mass is 10.0. The van der Waals surface area contributed by atoms with E-state index in [1.165, 1.54) is 12.1 Å². The number of hydrogen-bond acceptors (Lipinski definition) is 2. The molecular weight excluding hydrogens is 321 g/mol. The lowest BCUT2D eigenvalue weighted by Gasteiger charge is -2.14. The number of rotatable bonds is 2. The molecule has 0 fully saturated rings. The summed E-state index contributed by atoms with van der Waals surface area (Å²) in [4.78, 5) is 4.27. The van der Waals surface area contributed by atoms with Gasteiger partial charge in [0.25, 0.3) is 0 Å². The van der Waals surface area contributed by atoms with E-state index in [-0.39, 0.29) is 5.82 Å². The zero-order chi connectivity index (χ0) is 14.1. The molecule has 1 heterocycles. The molecule has 4 heteroatoms. The average Bonchev–Trinajstić information content (AvgIpc) is 2.46. The Morgan fingerprint density at radius 1 is 1.10 bits per heavy atom. The molecule has 0 spiro atoms. The molecule has 3 aromatic rings. The maximum Gasteiger partial charge on any atom is 0.124 e. The van der Waals surface area contributed by atoms with Gasteiger partial charge in [-0.1, -0.05) is 40.2 Å². The molecule has 1 N–H and O–H groups in total. The Morgan fingerprint density at radius 3 is 2.75 bits per heavy atom. The van der Waals surface area contributed by atoms with E-state index < -0.39 is 6.10 Å². The van der Waals surface area contributed by atoms with Crippen molar-refractivity contribution in [3.8, 4) is 0 Å². The molecule has 1 atom stereocenters. The number of pyridine rings is 1. The van der Waals surface area contributed by atoms with Crippen LogP contribution in [0.2, 0.25) is 0 Å². The van der Waals surface area contributed by atoms with Gasteiger partial charge in [-0.3, -0.25) is 4.98 Å². The number of benzene rings is 2. The maximum atomic E-state index is 13.1.